The van der Waals surface area contributed by atoms with Crippen LogP contribution in [0, 0.1) is 0 Å². The van der Waals surface area contributed by atoms with Gasteiger partial charge in [-0.25, -0.2) is 0 Å². The molecule has 5 nitrogen and oxygen atoms in total. The molecule has 0 fully saturated rings. The minimum Gasteiger partial charge on any atom is -0.454 e. The number of carbonyl (C=O) groups is 1. The second-order valence-electron chi connectivity index (χ2n) is 5.32. The minimum atomic E-state index is -0.953. The fourth-order valence-electron chi connectivity index (χ4n) is 2.07. The highest BCUT2D eigenvalue weighted by molar-refractivity contribution is 6.32. The molecule has 110 valence electrons. The summed E-state index contributed by atoms with van der Waals surface area (Å²) in [7, 11) is 0. The summed E-state index contributed by atoms with van der Waals surface area (Å²) < 4.78 is 10.5. The Kier molecular flexibility index (Phi) is 4.11. The number of nitrogens with zero attached hydrogens (tertiary/aromatic N) is 1. The number of carbonyl (C=O) groups excluding carboxylic acids is 1. The second kappa shape index (κ2) is 5.50. The molecule has 1 N–H and O–H groups in total. The second-order valence-corrected chi connectivity index (χ2v) is 5.73. The van der Waals surface area contributed by atoms with Crippen LogP contribution in [0.25, 0.3) is 0 Å². The predicted molar refractivity (Wildman–Crippen MR) is 75.5 cm³/mol. The van der Waals surface area contributed by atoms with Crippen molar-refractivity contribution >= 4 is 17.5 Å². The van der Waals surface area contributed by atoms with Crippen molar-refractivity contribution in [2.75, 3.05) is 19.9 Å². The van der Waals surface area contributed by atoms with Gasteiger partial charge in [0.2, 0.25) is 6.79 Å². The first-order chi connectivity index (χ1) is 9.31. The number of halogens is 1. The molecule has 6 heteroatoms. The molecule has 2 rings (SSSR count). The van der Waals surface area contributed by atoms with Crippen LogP contribution in [0.3, 0.4) is 0 Å². The molecule has 0 spiro atoms. The third-order valence-corrected chi connectivity index (χ3v) is 3.20. The highest BCUT2D eigenvalue weighted by atomic mass is 35.5. The van der Waals surface area contributed by atoms with E-state index in [2.05, 4.69) is 0 Å². The fraction of sp³-hybridized carbons (Fsp3) is 0.500. The molecule has 0 radical (unpaired) electrons. The van der Waals surface area contributed by atoms with Gasteiger partial charge in [-0.05, 0) is 32.9 Å². The van der Waals surface area contributed by atoms with Crippen molar-refractivity contribution in [3.05, 3.63) is 22.7 Å². The smallest absolute Gasteiger partial charge is 0.254 e. The Labute approximate surface area is 123 Å². The van der Waals surface area contributed by atoms with Gasteiger partial charge in [0, 0.05) is 18.7 Å². The van der Waals surface area contributed by atoms with E-state index in [1.165, 1.54) is 0 Å². The van der Waals surface area contributed by atoms with Crippen molar-refractivity contribution in [3.63, 3.8) is 0 Å². The number of benzene rings is 1. The van der Waals surface area contributed by atoms with E-state index in [9.17, 15) is 9.90 Å². The molecule has 0 aromatic heterocycles. The quantitative estimate of drug-likeness (QED) is 0.927. The number of rotatable bonds is 4. The average molecular weight is 300 g/mol. The van der Waals surface area contributed by atoms with E-state index >= 15 is 0 Å². The Bertz CT molecular complexity index is 525. The summed E-state index contributed by atoms with van der Waals surface area (Å²) in [6.45, 7) is 6.03. The number of amides is 1. The van der Waals surface area contributed by atoms with Gasteiger partial charge >= 0.3 is 0 Å². The summed E-state index contributed by atoms with van der Waals surface area (Å²) in [5, 5.41) is 10.2. The molecular formula is C14H18ClNO4. The zero-order valence-corrected chi connectivity index (χ0v) is 12.5. The molecule has 1 aromatic rings. The Hall–Kier alpha value is -1.46. The van der Waals surface area contributed by atoms with Crippen LogP contribution in [-0.2, 0) is 0 Å². The lowest BCUT2D eigenvalue weighted by Gasteiger charge is -2.28. The Balaban J connectivity index is 2.26. The van der Waals surface area contributed by atoms with Crippen LogP contribution in [0.15, 0.2) is 12.1 Å². The lowest BCUT2D eigenvalue weighted by molar-refractivity contribution is 0.0314. The molecule has 1 heterocycles. The zero-order chi connectivity index (χ0) is 14.9. The van der Waals surface area contributed by atoms with Crippen LogP contribution >= 0.6 is 11.6 Å². The van der Waals surface area contributed by atoms with E-state index in [1.807, 2.05) is 6.92 Å². The summed E-state index contributed by atoms with van der Waals surface area (Å²) in [5.74, 6) is 0.740. The van der Waals surface area contributed by atoms with Crippen molar-refractivity contribution in [1.82, 2.24) is 4.90 Å². The molecule has 0 saturated heterocycles. The first kappa shape index (κ1) is 14.9. The normalized spacial score (nSPS) is 13.4. The van der Waals surface area contributed by atoms with Crippen molar-refractivity contribution in [2.45, 2.75) is 26.4 Å². The average Bonchev–Trinajstić information content (AvgIpc) is 2.82. The van der Waals surface area contributed by atoms with Crippen LogP contribution < -0.4 is 9.47 Å². The van der Waals surface area contributed by atoms with Crippen molar-refractivity contribution < 1.29 is 19.4 Å². The number of fused-ring (bicyclic) bond motifs is 1. The first-order valence-electron chi connectivity index (χ1n) is 6.42. The topological polar surface area (TPSA) is 59.0 Å². The fourth-order valence-corrected chi connectivity index (χ4v) is 2.33. The lowest BCUT2D eigenvalue weighted by Crippen LogP contribution is -2.42. The van der Waals surface area contributed by atoms with Crippen molar-refractivity contribution in [2.24, 2.45) is 0 Å². The molecule has 1 aromatic carbocycles. The van der Waals surface area contributed by atoms with E-state index < -0.39 is 5.60 Å². The van der Waals surface area contributed by atoms with Crippen LogP contribution in [-0.4, -0.2) is 41.4 Å². The van der Waals surface area contributed by atoms with Gasteiger partial charge in [-0.2, -0.15) is 0 Å². The van der Waals surface area contributed by atoms with Crippen molar-refractivity contribution in [1.29, 1.82) is 0 Å². The maximum atomic E-state index is 12.5. The van der Waals surface area contributed by atoms with Gasteiger partial charge < -0.3 is 19.5 Å². The Morgan fingerprint density at radius 1 is 1.45 bits per heavy atom. The van der Waals surface area contributed by atoms with Gasteiger partial charge in [0.1, 0.15) is 0 Å². The largest absolute Gasteiger partial charge is 0.454 e. The predicted octanol–water partition coefficient (Wildman–Crippen LogP) is 2.30. The molecular weight excluding hydrogens is 282 g/mol. The molecule has 20 heavy (non-hydrogen) atoms. The molecule has 1 aliphatic heterocycles. The first-order valence-corrected chi connectivity index (χ1v) is 6.80. The van der Waals surface area contributed by atoms with Crippen molar-refractivity contribution in [3.8, 4) is 11.5 Å². The third kappa shape index (κ3) is 3.16. The maximum absolute atomic E-state index is 12.5. The number of hydrogen-bond donors (Lipinski definition) is 1. The van der Waals surface area contributed by atoms with E-state index in [1.54, 1.807) is 30.9 Å². The third-order valence-electron chi connectivity index (χ3n) is 2.92. The van der Waals surface area contributed by atoms with Gasteiger partial charge in [-0.15, -0.1) is 0 Å². The number of likely N-dealkylation sites (N-methyl/N-ethyl adjacent to an activating group) is 1. The number of aliphatic hydroxyl groups is 1. The molecule has 0 saturated carbocycles. The zero-order valence-electron chi connectivity index (χ0n) is 11.8. The molecule has 1 aliphatic rings. The number of ether oxygens (including phenoxy) is 2. The van der Waals surface area contributed by atoms with E-state index in [-0.39, 0.29) is 19.2 Å². The highest BCUT2D eigenvalue weighted by Gasteiger charge is 2.25. The van der Waals surface area contributed by atoms with E-state index in [0.717, 1.165) is 0 Å². The summed E-state index contributed by atoms with van der Waals surface area (Å²) in [5.41, 5.74) is -0.531. The van der Waals surface area contributed by atoms with Gasteiger partial charge in [-0.3, -0.25) is 4.79 Å². The summed E-state index contributed by atoms with van der Waals surface area (Å²) in [6.07, 6.45) is 0. The Morgan fingerprint density at radius 2 is 2.15 bits per heavy atom. The van der Waals surface area contributed by atoms with Gasteiger partial charge in [0.15, 0.2) is 11.5 Å². The maximum Gasteiger partial charge on any atom is 0.254 e. The number of hydrogen-bond acceptors (Lipinski definition) is 4. The van der Waals surface area contributed by atoms with E-state index in [4.69, 9.17) is 21.1 Å². The monoisotopic (exact) mass is 299 g/mol. The van der Waals surface area contributed by atoms with Gasteiger partial charge in [-0.1, -0.05) is 11.6 Å². The molecule has 0 bridgehead atoms. The van der Waals surface area contributed by atoms with Crippen LogP contribution in [0.1, 0.15) is 31.1 Å². The molecule has 1 amide bonds. The highest BCUT2D eigenvalue weighted by Crippen LogP contribution is 2.40. The van der Waals surface area contributed by atoms with Crippen LogP contribution in [0.2, 0.25) is 5.02 Å². The summed E-state index contributed by atoms with van der Waals surface area (Å²) >= 11 is 6.07. The molecule has 0 aliphatic carbocycles. The lowest BCUT2D eigenvalue weighted by atomic mass is 10.1. The van der Waals surface area contributed by atoms with Crippen LogP contribution in [0.5, 0.6) is 11.5 Å². The molecule has 0 unspecified atom stereocenters. The SMILES string of the molecule is CCN(CC(C)(C)O)C(=O)c1cc(Cl)c2c(c1)OCO2. The van der Waals surface area contributed by atoms with Crippen LogP contribution in [0.4, 0.5) is 0 Å². The summed E-state index contributed by atoms with van der Waals surface area (Å²) in [6, 6.07) is 3.17. The molecule has 0 atom stereocenters. The van der Waals surface area contributed by atoms with Gasteiger partial charge in [0.25, 0.3) is 5.91 Å². The summed E-state index contributed by atoms with van der Waals surface area (Å²) in [4.78, 5) is 14.0. The standard InChI is InChI=1S/C14H18ClNO4/c1-4-16(7-14(2,3)18)13(17)9-5-10(15)12-11(6-9)19-8-20-12/h5-6,18H,4,7-8H2,1-3H3. The Morgan fingerprint density at radius 3 is 2.75 bits per heavy atom. The minimum absolute atomic E-state index is 0.105. The van der Waals surface area contributed by atoms with Gasteiger partial charge in [0.05, 0.1) is 10.6 Å². The van der Waals surface area contributed by atoms with E-state index in [0.29, 0.717) is 28.6 Å².